The van der Waals surface area contributed by atoms with Gasteiger partial charge in [-0.15, -0.1) is 0 Å². The summed E-state index contributed by atoms with van der Waals surface area (Å²) in [5.74, 6) is -0.351. The number of nitrogens with one attached hydrogen (secondary N) is 1. The monoisotopic (exact) mass is 399 g/mol. The Hall–Kier alpha value is -2.76. The maximum atomic E-state index is 13.9. The molecule has 0 spiro atoms. The fourth-order valence-electron chi connectivity index (χ4n) is 2.50. The Kier molecular flexibility index (Phi) is 5.84. The molecular weight excluding hydrogens is 383 g/mol. The quantitative estimate of drug-likeness (QED) is 0.267. The van der Waals surface area contributed by atoms with Crippen LogP contribution in [0.2, 0.25) is 5.02 Å². The number of aromatic nitrogens is 1. The van der Waals surface area contributed by atoms with E-state index in [2.05, 4.69) is 5.32 Å². The molecule has 0 unspecified atom stereocenters. The molecule has 0 fully saturated rings. The lowest BCUT2D eigenvalue weighted by atomic mass is 10.1. The van der Waals surface area contributed by atoms with Crippen LogP contribution in [-0.2, 0) is 0 Å². The van der Waals surface area contributed by atoms with E-state index in [9.17, 15) is 9.50 Å². The standard InChI is InChI=1S/C21H16ClFN2OS/c1-14-5-10-17(13-18(14)23)24-21(27)19(25-11-3-2-4-12-25)20(26)15-6-8-16(22)9-7-15/h2-13H,1H3,(H-,24,26,27)/p+1. The van der Waals surface area contributed by atoms with Gasteiger partial charge in [0, 0.05) is 28.4 Å². The third kappa shape index (κ3) is 4.51. The van der Waals surface area contributed by atoms with Gasteiger partial charge in [0.15, 0.2) is 23.1 Å². The van der Waals surface area contributed by atoms with E-state index in [1.54, 1.807) is 60.3 Å². The van der Waals surface area contributed by atoms with Gasteiger partial charge in [-0.3, -0.25) is 0 Å². The molecular formula is C21H17ClFN2OS+. The molecule has 0 saturated carbocycles. The summed E-state index contributed by atoms with van der Waals surface area (Å²) in [6.45, 7) is 1.69. The van der Waals surface area contributed by atoms with Crippen molar-refractivity contribution < 1.29 is 14.1 Å². The maximum Gasteiger partial charge on any atom is 0.288 e. The number of aliphatic hydroxyl groups is 1. The van der Waals surface area contributed by atoms with E-state index < -0.39 is 0 Å². The van der Waals surface area contributed by atoms with E-state index in [-0.39, 0.29) is 16.6 Å². The highest BCUT2D eigenvalue weighted by molar-refractivity contribution is 7.81. The minimum atomic E-state index is -0.331. The molecule has 3 aromatic rings. The first kappa shape index (κ1) is 19.0. The van der Waals surface area contributed by atoms with Gasteiger partial charge in [0.05, 0.1) is 0 Å². The molecule has 0 bridgehead atoms. The summed E-state index contributed by atoms with van der Waals surface area (Å²) >= 11 is 11.5. The van der Waals surface area contributed by atoms with Gasteiger partial charge in [-0.25, -0.2) is 4.39 Å². The SMILES string of the molecule is Cc1ccc(NC(=S)/C(=C(\O)c2ccc(Cl)cc2)[n+]2ccccc2)cc1F. The first-order chi connectivity index (χ1) is 13.0. The molecule has 0 aliphatic carbocycles. The summed E-state index contributed by atoms with van der Waals surface area (Å²) in [4.78, 5) is 0.252. The summed E-state index contributed by atoms with van der Waals surface area (Å²) in [5.41, 5.74) is 1.98. The number of pyridine rings is 1. The van der Waals surface area contributed by atoms with Crippen LogP contribution < -0.4 is 9.88 Å². The van der Waals surface area contributed by atoms with Crippen LogP contribution in [0.5, 0.6) is 0 Å². The molecule has 6 heteroatoms. The highest BCUT2D eigenvalue weighted by Gasteiger charge is 2.23. The number of anilines is 1. The second kappa shape index (κ2) is 8.29. The van der Waals surface area contributed by atoms with Gasteiger partial charge in [-0.2, -0.15) is 4.57 Å². The van der Waals surface area contributed by atoms with Gasteiger partial charge in [-0.05, 0) is 48.9 Å². The predicted octanol–water partition coefficient (Wildman–Crippen LogP) is 5.40. The molecule has 0 radical (unpaired) electrons. The zero-order valence-electron chi connectivity index (χ0n) is 14.5. The Morgan fingerprint density at radius 1 is 1.07 bits per heavy atom. The first-order valence-electron chi connectivity index (χ1n) is 8.19. The van der Waals surface area contributed by atoms with Gasteiger partial charge < -0.3 is 10.4 Å². The molecule has 3 rings (SSSR count). The van der Waals surface area contributed by atoms with Crippen LogP contribution in [0.25, 0.3) is 11.5 Å². The highest BCUT2D eigenvalue weighted by atomic mass is 35.5. The van der Waals surface area contributed by atoms with Crippen LogP contribution in [0.1, 0.15) is 11.1 Å². The zero-order chi connectivity index (χ0) is 19.4. The number of rotatable bonds is 4. The lowest BCUT2D eigenvalue weighted by molar-refractivity contribution is -0.575. The molecule has 136 valence electrons. The van der Waals surface area contributed by atoms with Crippen LogP contribution in [0.15, 0.2) is 73.1 Å². The Labute approximate surface area is 167 Å². The molecule has 3 nitrogen and oxygen atoms in total. The first-order valence-corrected chi connectivity index (χ1v) is 8.97. The summed E-state index contributed by atoms with van der Waals surface area (Å²) in [6, 6.07) is 17.1. The van der Waals surface area contributed by atoms with E-state index in [1.807, 2.05) is 18.2 Å². The normalized spacial score (nSPS) is 11.7. The van der Waals surface area contributed by atoms with Crippen LogP contribution in [0.4, 0.5) is 10.1 Å². The Balaban J connectivity index is 2.04. The average molecular weight is 400 g/mol. The fraction of sp³-hybridized carbons (Fsp3) is 0.0476. The summed E-state index contributed by atoms with van der Waals surface area (Å²) < 4.78 is 15.6. The van der Waals surface area contributed by atoms with Crippen molar-refractivity contribution in [2.45, 2.75) is 6.92 Å². The number of hydrogen-bond donors (Lipinski definition) is 2. The van der Waals surface area contributed by atoms with Crippen molar-refractivity contribution >= 4 is 46.0 Å². The molecule has 2 aromatic carbocycles. The number of halogens is 2. The van der Waals surface area contributed by atoms with E-state index in [0.717, 1.165) is 0 Å². The van der Waals surface area contributed by atoms with Crippen molar-refractivity contribution in [3.63, 3.8) is 0 Å². The Bertz CT molecular complexity index is 1000. The lowest BCUT2D eigenvalue weighted by Crippen LogP contribution is -2.38. The van der Waals surface area contributed by atoms with E-state index in [1.165, 1.54) is 6.07 Å². The minimum Gasteiger partial charge on any atom is -0.502 e. The molecule has 27 heavy (non-hydrogen) atoms. The number of aliphatic hydroxyl groups excluding tert-OH is 1. The average Bonchev–Trinajstić information content (AvgIpc) is 2.66. The minimum absolute atomic E-state index is 0.0204. The lowest BCUT2D eigenvalue weighted by Gasteiger charge is -2.11. The highest BCUT2D eigenvalue weighted by Crippen LogP contribution is 2.21. The molecule has 0 aliphatic rings. The second-order valence-corrected chi connectivity index (χ2v) is 6.75. The Morgan fingerprint density at radius 3 is 2.37 bits per heavy atom. The van der Waals surface area contributed by atoms with Crippen molar-refractivity contribution in [2.75, 3.05) is 5.32 Å². The number of benzene rings is 2. The molecule has 0 saturated heterocycles. The van der Waals surface area contributed by atoms with Crippen molar-refractivity contribution in [1.29, 1.82) is 0 Å². The van der Waals surface area contributed by atoms with Crippen molar-refractivity contribution in [1.82, 2.24) is 0 Å². The molecule has 1 heterocycles. The summed E-state index contributed by atoms with van der Waals surface area (Å²) in [5, 5.41) is 14.4. The van der Waals surface area contributed by atoms with Crippen molar-refractivity contribution in [3.05, 3.63) is 95.0 Å². The largest absolute Gasteiger partial charge is 0.502 e. The Morgan fingerprint density at radius 2 is 1.74 bits per heavy atom. The van der Waals surface area contributed by atoms with Gasteiger partial charge in [0.1, 0.15) is 5.82 Å². The number of nitrogens with zero attached hydrogens (tertiary/aromatic N) is 1. The molecule has 0 amide bonds. The maximum absolute atomic E-state index is 13.9. The van der Waals surface area contributed by atoms with Crippen LogP contribution in [-0.4, -0.2) is 10.1 Å². The van der Waals surface area contributed by atoms with Crippen LogP contribution in [0, 0.1) is 12.7 Å². The van der Waals surface area contributed by atoms with Gasteiger partial charge in [-0.1, -0.05) is 36.0 Å². The summed E-state index contributed by atoms with van der Waals surface area (Å²) in [7, 11) is 0. The van der Waals surface area contributed by atoms with Crippen molar-refractivity contribution in [2.24, 2.45) is 0 Å². The van der Waals surface area contributed by atoms with Gasteiger partial charge in [0.2, 0.25) is 0 Å². The van der Waals surface area contributed by atoms with Crippen molar-refractivity contribution in [3.8, 4) is 0 Å². The number of aryl methyl sites for hydroxylation is 1. The van der Waals surface area contributed by atoms with E-state index in [0.29, 0.717) is 27.5 Å². The smallest absolute Gasteiger partial charge is 0.288 e. The van der Waals surface area contributed by atoms with Gasteiger partial charge in [0.25, 0.3) is 5.70 Å². The third-order valence-electron chi connectivity index (χ3n) is 3.96. The van der Waals surface area contributed by atoms with Gasteiger partial charge >= 0.3 is 0 Å². The topological polar surface area (TPSA) is 36.1 Å². The third-order valence-corrected chi connectivity index (χ3v) is 4.51. The molecule has 0 atom stereocenters. The second-order valence-electron chi connectivity index (χ2n) is 5.90. The summed E-state index contributed by atoms with van der Waals surface area (Å²) in [6.07, 6.45) is 3.54. The number of hydrogen-bond acceptors (Lipinski definition) is 2. The molecule has 2 N–H and O–H groups in total. The van der Waals surface area contributed by atoms with Crippen LogP contribution in [0.3, 0.4) is 0 Å². The van der Waals surface area contributed by atoms with E-state index >= 15 is 0 Å². The molecule has 0 aliphatic heterocycles. The fourth-order valence-corrected chi connectivity index (χ4v) is 2.95. The number of thiocarbonyl (C=S) groups is 1. The van der Waals surface area contributed by atoms with Crippen LogP contribution >= 0.6 is 23.8 Å². The zero-order valence-corrected chi connectivity index (χ0v) is 16.1. The van der Waals surface area contributed by atoms with E-state index in [4.69, 9.17) is 23.8 Å². The predicted molar refractivity (Wildman–Crippen MR) is 111 cm³/mol. The molecule has 1 aromatic heterocycles.